The standard InChI is InChI=1S/C16H23N3/c1-10-7-11(2)15(12(3)8-10)9-17-16-13(4)18-19(6)14(16)5/h7-8,17H,9H2,1-6H3. The maximum atomic E-state index is 4.44. The van der Waals surface area contributed by atoms with Gasteiger partial charge < -0.3 is 5.32 Å². The van der Waals surface area contributed by atoms with Crippen LogP contribution in [0, 0.1) is 34.6 Å². The molecule has 0 atom stereocenters. The second-order valence-corrected chi connectivity index (χ2v) is 5.40. The Hall–Kier alpha value is -1.77. The maximum Gasteiger partial charge on any atom is 0.0827 e. The van der Waals surface area contributed by atoms with E-state index in [1.165, 1.54) is 27.9 Å². The lowest BCUT2D eigenvalue weighted by Crippen LogP contribution is -2.05. The van der Waals surface area contributed by atoms with E-state index in [0.29, 0.717) is 0 Å². The molecule has 0 unspecified atom stereocenters. The molecule has 1 N–H and O–H groups in total. The van der Waals surface area contributed by atoms with Crippen molar-refractivity contribution in [2.24, 2.45) is 7.05 Å². The van der Waals surface area contributed by atoms with E-state index in [1.54, 1.807) is 0 Å². The number of nitrogens with zero attached hydrogens (tertiary/aromatic N) is 2. The summed E-state index contributed by atoms with van der Waals surface area (Å²) in [5.74, 6) is 0. The molecule has 0 saturated heterocycles. The van der Waals surface area contributed by atoms with Gasteiger partial charge in [-0.1, -0.05) is 17.7 Å². The Balaban J connectivity index is 2.24. The van der Waals surface area contributed by atoms with Crippen LogP contribution < -0.4 is 5.32 Å². The summed E-state index contributed by atoms with van der Waals surface area (Å²) in [6.07, 6.45) is 0. The van der Waals surface area contributed by atoms with Crippen LogP contribution in [0.2, 0.25) is 0 Å². The second kappa shape index (κ2) is 5.08. The number of anilines is 1. The molecule has 0 spiro atoms. The quantitative estimate of drug-likeness (QED) is 0.911. The van der Waals surface area contributed by atoms with Crippen LogP contribution in [0.4, 0.5) is 5.69 Å². The van der Waals surface area contributed by atoms with Crippen molar-refractivity contribution in [3.8, 4) is 0 Å². The molecule has 0 fully saturated rings. The molecule has 19 heavy (non-hydrogen) atoms. The minimum atomic E-state index is 0.852. The topological polar surface area (TPSA) is 29.9 Å². The van der Waals surface area contributed by atoms with Crippen molar-refractivity contribution in [3.63, 3.8) is 0 Å². The zero-order valence-corrected chi connectivity index (χ0v) is 12.8. The van der Waals surface area contributed by atoms with Crippen molar-refractivity contribution in [2.75, 3.05) is 5.32 Å². The van der Waals surface area contributed by atoms with Crippen LogP contribution in [0.3, 0.4) is 0 Å². The first-order valence-electron chi connectivity index (χ1n) is 6.71. The molecule has 0 radical (unpaired) electrons. The van der Waals surface area contributed by atoms with E-state index in [9.17, 15) is 0 Å². The SMILES string of the molecule is Cc1cc(C)c(CNc2c(C)nn(C)c2C)c(C)c1. The van der Waals surface area contributed by atoms with Crippen molar-refractivity contribution < 1.29 is 0 Å². The molecule has 0 aliphatic carbocycles. The molecule has 0 saturated carbocycles. The lowest BCUT2D eigenvalue weighted by molar-refractivity contribution is 0.731. The second-order valence-electron chi connectivity index (χ2n) is 5.40. The Morgan fingerprint density at radius 3 is 2.11 bits per heavy atom. The lowest BCUT2D eigenvalue weighted by Gasteiger charge is -2.13. The fourth-order valence-corrected chi connectivity index (χ4v) is 2.69. The molecule has 3 heteroatoms. The first-order valence-corrected chi connectivity index (χ1v) is 6.71. The fourth-order valence-electron chi connectivity index (χ4n) is 2.69. The largest absolute Gasteiger partial charge is 0.378 e. The molecule has 2 rings (SSSR count). The average Bonchev–Trinajstić information content (AvgIpc) is 2.53. The van der Waals surface area contributed by atoms with Gasteiger partial charge in [-0.15, -0.1) is 0 Å². The molecule has 0 bridgehead atoms. The zero-order chi connectivity index (χ0) is 14.2. The molecular weight excluding hydrogens is 234 g/mol. The van der Waals surface area contributed by atoms with Gasteiger partial charge in [-0.25, -0.2) is 0 Å². The molecule has 102 valence electrons. The number of aromatic nitrogens is 2. The monoisotopic (exact) mass is 257 g/mol. The molecule has 0 aliphatic heterocycles. The van der Waals surface area contributed by atoms with Gasteiger partial charge in [0.05, 0.1) is 17.1 Å². The normalized spacial score (nSPS) is 10.8. The summed E-state index contributed by atoms with van der Waals surface area (Å²) in [7, 11) is 1.98. The summed E-state index contributed by atoms with van der Waals surface area (Å²) in [6.45, 7) is 11.5. The Morgan fingerprint density at radius 2 is 1.63 bits per heavy atom. The Morgan fingerprint density at radius 1 is 1.05 bits per heavy atom. The van der Waals surface area contributed by atoms with Crippen molar-refractivity contribution in [3.05, 3.63) is 45.8 Å². The molecule has 0 aliphatic rings. The van der Waals surface area contributed by atoms with Crippen LogP contribution in [0.15, 0.2) is 12.1 Å². The highest BCUT2D eigenvalue weighted by atomic mass is 15.3. The first-order chi connectivity index (χ1) is 8.90. The number of hydrogen-bond acceptors (Lipinski definition) is 2. The van der Waals surface area contributed by atoms with E-state index in [2.05, 4.69) is 50.2 Å². The summed E-state index contributed by atoms with van der Waals surface area (Å²) < 4.78 is 1.92. The van der Waals surface area contributed by atoms with Gasteiger partial charge in [0.25, 0.3) is 0 Å². The molecule has 2 aromatic rings. The first kappa shape index (κ1) is 13.7. The van der Waals surface area contributed by atoms with Gasteiger partial charge in [0.15, 0.2) is 0 Å². The highest BCUT2D eigenvalue weighted by Crippen LogP contribution is 2.22. The van der Waals surface area contributed by atoms with E-state index >= 15 is 0 Å². The summed E-state index contributed by atoms with van der Waals surface area (Å²) in [5, 5.41) is 7.97. The number of hydrogen-bond donors (Lipinski definition) is 1. The van der Waals surface area contributed by atoms with Crippen LogP contribution in [-0.2, 0) is 13.6 Å². The van der Waals surface area contributed by atoms with Gasteiger partial charge in [-0.2, -0.15) is 5.10 Å². The van der Waals surface area contributed by atoms with Gasteiger partial charge in [0.2, 0.25) is 0 Å². The van der Waals surface area contributed by atoms with Crippen molar-refractivity contribution in [1.29, 1.82) is 0 Å². The van der Waals surface area contributed by atoms with Crippen LogP contribution in [-0.4, -0.2) is 9.78 Å². The van der Waals surface area contributed by atoms with Crippen LogP contribution in [0.5, 0.6) is 0 Å². The van der Waals surface area contributed by atoms with Gasteiger partial charge >= 0.3 is 0 Å². The van der Waals surface area contributed by atoms with Gasteiger partial charge in [0, 0.05) is 13.6 Å². The maximum absolute atomic E-state index is 4.44. The van der Waals surface area contributed by atoms with E-state index in [4.69, 9.17) is 0 Å². The molecule has 3 nitrogen and oxygen atoms in total. The molecule has 1 aromatic heterocycles. The van der Waals surface area contributed by atoms with E-state index in [1.807, 2.05) is 18.7 Å². The average molecular weight is 257 g/mol. The van der Waals surface area contributed by atoms with Crippen molar-refractivity contribution >= 4 is 5.69 Å². The third-order valence-electron chi connectivity index (χ3n) is 3.79. The molecule has 1 heterocycles. The van der Waals surface area contributed by atoms with Crippen LogP contribution in [0.25, 0.3) is 0 Å². The third kappa shape index (κ3) is 2.65. The fraction of sp³-hybridized carbons (Fsp3) is 0.438. The van der Waals surface area contributed by atoms with Gasteiger partial charge in [-0.3, -0.25) is 4.68 Å². The van der Waals surface area contributed by atoms with E-state index < -0.39 is 0 Å². The van der Waals surface area contributed by atoms with Crippen LogP contribution >= 0.6 is 0 Å². The minimum absolute atomic E-state index is 0.852. The molecule has 1 aromatic carbocycles. The Kier molecular flexibility index (Phi) is 3.65. The molecule has 0 amide bonds. The minimum Gasteiger partial charge on any atom is -0.378 e. The van der Waals surface area contributed by atoms with Crippen molar-refractivity contribution in [2.45, 2.75) is 41.2 Å². The highest BCUT2D eigenvalue weighted by Gasteiger charge is 2.10. The van der Waals surface area contributed by atoms with Gasteiger partial charge in [-0.05, 0) is 51.3 Å². The Bertz CT molecular complexity index is 586. The summed E-state index contributed by atoms with van der Waals surface area (Å²) in [4.78, 5) is 0. The smallest absolute Gasteiger partial charge is 0.0827 e. The summed E-state index contributed by atoms with van der Waals surface area (Å²) in [5.41, 5.74) is 8.80. The lowest BCUT2D eigenvalue weighted by atomic mass is 10.00. The summed E-state index contributed by atoms with van der Waals surface area (Å²) >= 11 is 0. The number of aryl methyl sites for hydroxylation is 5. The van der Waals surface area contributed by atoms with E-state index in [-0.39, 0.29) is 0 Å². The summed E-state index contributed by atoms with van der Waals surface area (Å²) in [6, 6.07) is 4.49. The number of rotatable bonds is 3. The van der Waals surface area contributed by atoms with Gasteiger partial charge in [0.1, 0.15) is 0 Å². The Labute approximate surface area is 115 Å². The predicted octanol–water partition coefficient (Wildman–Crippen LogP) is 3.57. The zero-order valence-electron chi connectivity index (χ0n) is 12.8. The molecular formula is C16H23N3. The highest BCUT2D eigenvalue weighted by molar-refractivity contribution is 5.53. The third-order valence-corrected chi connectivity index (χ3v) is 3.79. The number of benzene rings is 1. The van der Waals surface area contributed by atoms with E-state index in [0.717, 1.165) is 17.9 Å². The van der Waals surface area contributed by atoms with Crippen LogP contribution in [0.1, 0.15) is 33.6 Å². The number of nitrogens with one attached hydrogen (secondary N) is 1. The predicted molar refractivity (Wildman–Crippen MR) is 80.7 cm³/mol. The van der Waals surface area contributed by atoms with Crippen molar-refractivity contribution in [1.82, 2.24) is 9.78 Å².